The fourth-order valence-corrected chi connectivity index (χ4v) is 7.36. The summed E-state index contributed by atoms with van der Waals surface area (Å²) in [7, 11) is 0. The topological polar surface area (TPSA) is 60.4 Å². The van der Waals surface area contributed by atoms with Gasteiger partial charge >= 0.3 is 5.97 Å². The van der Waals surface area contributed by atoms with Gasteiger partial charge in [-0.2, -0.15) is 0 Å². The molecule has 27 heavy (non-hydrogen) atoms. The number of allylic oxidation sites excluding steroid dienone is 1. The molecule has 0 radical (unpaired) electrons. The first-order chi connectivity index (χ1) is 12.8. The molecule has 0 amide bonds. The average molecular weight is 373 g/mol. The third-order valence-electron chi connectivity index (χ3n) is 8.77. The first kappa shape index (κ1) is 18.9. The zero-order chi connectivity index (χ0) is 19.4. The maximum atomic E-state index is 12.8. The smallest absolute Gasteiger partial charge is 0.303 e. The molecular formula is C23H32O4. The van der Waals surface area contributed by atoms with Crippen LogP contribution in [-0.4, -0.2) is 24.1 Å². The van der Waals surface area contributed by atoms with Crippen LogP contribution >= 0.6 is 0 Å². The molecule has 4 nitrogen and oxygen atoms in total. The Hall–Kier alpha value is -1.45. The zero-order valence-corrected chi connectivity index (χ0v) is 16.9. The van der Waals surface area contributed by atoms with Crippen molar-refractivity contribution in [3.63, 3.8) is 0 Å². The van der Waals surface area contributed by atoms with E-state index >= 15 is 0 Å². The average Bonchev–Trinajstić information content (AvgIpc) is 2.97. The van der Waals surface area contributed by atoms with Crippen molar-refractivity contribution in [1.29, 1.82) is 0 Å². The zero-order valence-electron chi connectivity index (χ0n) is 16.9. The van der Waals surface area contributed by atoms with Gasteiger partial charge in [0.25, 0.3) is 0 Å². The number of hydrogen-bond acceptors (Lipinski definition) is 4. The normalized spacial score (nSPS) is 43.2. The minimum atomic E-state index is -0.377. The van der Waals surface area contributed by atoms with Crippen molar-refractivity contribution in [2.45, 2.75) is 72.1 Å². The van der Waals surface area contributed by atoms with Crippen LogP contribution in [0.3, 0.4) is 0 Å². The molecule has 3 fully saturated rings. The van der Waals surface area contributed by atoms with E-state index in [1.807, 2.05) is 6.08 Å². The van der Waals surface area contributed by atoms with Gasteiger partial charge in [0.1, 0.15) is 6.61 Å². The van der Waals surface area contributed by atoms with E-state index in [0.717, 1.165) is 44.9 Å². The summed E-state index contributed by atoms with van der Waals surface area (Å²) >= 11 is 0. The molecule has 0 aromatic carbocycles. The van der Waals surface area contributed by atoms with Crippen molar-refractivity contribution in [3.05, 3.63) is 11.6 Å². The Kier molecular flexibility index (Phi) is 4.59. The molecule has 0 N–H and O–H groups in total. The molecule has 6 atom stereocenters. The quantitative estimate of drug-likeness (QED) is 0.694. The summed E-state index contributed by atoms with van der Waals surface area (Å²) in [6.07, 6.45) is 10.1. The van der Waals surface area contributed by atoms with Crippen LogP contribution in [0.1, 0.15) is 72.1 Å². The molecule has 0 spiro atoms. The SMILES string of the molecule is CC(=O)OCC(=O)[C@H]1CC[C@H]2C3CCC4=CC(=O)CC[C@]4(C)C3CC[C@]12C. The van der Waals surface area contributed by atoms with Crippen LogP contribution in [0.15, 0.2) is 11.6 Å². The molecule has 3 saturated carbocycles. The van der Waals surface area contributed by atoms with Crippen LogP contribution < -0.4 is 0 Å². The number of rotatable bonds is 3. The Balaban J connectivity index is 1.56. The molecule has 0 aromatic rings. The van der Waals surface area contributed by atoms with E-state index in [4.69, 9.17) is 4.74 Å². The molecular weight excluding hydrogens is 340 g/mol. The largest absolute Gasteiger partial charge is 0.458 e. The molecule has 4 rings (SSSR count). The second-order valence-corrected chi connectivity index (χ2v) is 9.89. The molecule has 0 aromatic heterocycles. The first-order valence-corrected chi connectivity index (χ1v) is 10.7. The third kappa shape index (κ3) is 2.91. The van der Waals surface area contributed by atoms with Gasteiger partial charge in [0, 0.05) is 19.3 Å². The number of esters is 1. The second kappa shape index (κ2) is 6.56. The van der Waals surface area contributed by atoms with Gasteiger partial charge in [-0.25, -0.2) is 0 Å². The highest BCUT2D eigenvalue weighted by Gasteiger charge is 2.60. The number of fused-ring (bicyclic) bond motifs is 5. The van der Waals surface area contributed by atoms with Gasteiger partial charge < -0.3 is 4.74 Å². The molecule has 4 heteroatoms. The van der Waals surface area contributed by atoms with Gasteiger partial charge in [-0.3, -0.25) is 14.4 Å². The Bertz CT molecular complexity index is 707. The highest BCUT2D eigenvalue weighted by Crippen LogP contribution is 2.66. The number of carbonyl (C=O) groups excluding carboxylic acids is 3. The molecule has 2 unspecified atom stereocenters. The summed E-state index contributed by atoms with van der Waals surface area (Å²) in [5.74, 6) is 1.95. The summed E-state index contributed by atoms with van der Waals surface area (Å²) in [5, 5.41) is 0. The lowest BCUT2D eigenvalue weighted by Crippen LogP contribution is -2.51. The number of Topliss-reactive ketones (excluding diaryl/α,β-unsaturated/α-hetero) is 1. The number of ketones is 2. The summed E-state index contributed by atoms with van der Waals surface area (Å²) in [5.41, 5.74) is 1.61. The lowest BCUT2D eigenvalue weighted by molar-refractivity contribution is -0.149. The number of ether oxygens (including phenoxy) is 1. The fourth-order valence-electron chi connectivity index (χ4n) is 7.36. The van der Waals surface area contributed by atoms with E-state index < -0.39 is 0 Å². The maximum Gasteiger partial charge on any atom is 0.303 e. The Morgan fingerprint density at radius 3 is 2.59 bits per heavy atom. The van der Waals surface area contributed by atoms with Crippen molar-refractivity contribution in [1.82, 2.24) is 0 Å². The molecule has 0 saturated heterocycles. The minimum Gasteiger partial charge on any atom is -0.458 e. The highest BCUT2D eigenvalue weighted by atomic mass is 16.5. The Morgan fingerprint density at radius 2 is 1.85 bits per heavy atom. The van der Waals surface area contributed by atoms with Gasteiger partial charge in [0.2, 0.25) is 0 Å². The minimum absolute atomic E-state index is 0.0282. The predicted octanol–water partition coefficient (Wildman–Crippen LogP) is 4.27. The van der Waals surface area contributed by atoms with Gasteiger partial charge in [0.05, 0.1) is 0 Å². The summed E-state index contributed by atoms with van der Waals surface area (Å²) in [4.78, 5) is 35.8. The molecule has 0 heterocycles. The highest BCUT2D eigenvalue weighted by molar-refractivity contribution is 5.91. The standard InChI is InChI=1S/C23H32O4/c1-14(24)27-13-21(26)20-7-6-18-17-5-4-15-12-16(25)8-10-22(15,2)19(17)9-11-23(18,20)3/h12,17-20H,4-11,13H2,1-3H3/t17?,18-,19?,20+,22-,23-/m0/s1. The second-order valence-electron chi connectivity index (χ2n) is 9.89. The fraction of sp³-hybridized carbons (Fsp3) is 0.783. The van der Waals surface area contributed by atoms with E-state index in [0.29, 0.717) is 30.0 Å². The van der Waals surface area contributed by atoms with E-state index in [1.54, 1.807) is 0 Å². The van der Waals surface area contributed by atoms with E-state index in [1.165, 1.54) is 12.5 Å². The van der Waals surface area contributed by atoms with Crippen LogP contribution in [0.5, 0.6) is 0 Å². The molecule has 0 aliphatic heterocycles. The van der Waals surface area contributed by atoms with E-state index in [9.17, 15) is 14.4 Å². The summed E-state index contributed by atoms with van der Waals surface area (Å²) in [6.45, 7) is 6.00. The van der Waals surface area contributed by atoms with E-state index in [2.05, 4.69) is 13.8 Å². The molecule has 148 valence electrons. The van der Waals surface area contributed by atoms with Crippen molar-refractivity contribution < 1.29 is 19.1 Å². The Labute approximate surface area is 162 Å². The monoisotopic (exact) mass is 372 g/mol. The van der Waals surface area contributed by atoms with E-state index in [-0.39, 0.29) is 35.1 Å². The van der Waals surface area contributed by atoms with Crippen molar-refractivity contribution in [2.24, 2.45) is 34.5 Å². The molecule has 4 aliphatic rings. The molecule has 0 bridgehead atoms. The van der Waals surface area contributed by atoms with Gasteiger partial charge in [-0.1, -0.05) is 19.4 Å². The third-order valence-corrected chi connectivity index (χ3v) is 8.77. The van der Waals surface area contributed by atoms with Gasteiger partial charge in [-0.05, 0) is 79.6 Å². The maximum absolute atomic E-state index is 12.8. The predicted molar refractivity (Wildman–Crippen MR) is 102 cm³/mol. The van der Waals surface area contributed by atoms with Crippen LogP contribution in [0.4, 0.5) is 0 Å². The van der Waals surface area contributed by atoms with Crippen LogP contribution in [0.25, 0.3) is 0 Å². The lowest BCUT2D eigenvalue weighted by atomic mass is 9.46. The first-order valence-electron chi connectivity index (χ1n) is 10.7. The van der Waals surface area contributed by atoms with Crippen molar-refractivity contribution >= 4 is 17.5 Å². The number of hydrogen-bond donors (Lipinski definition) is 0. The van der Waals surface area contributed by atoms with Crippen LogP contribution in [0.2, 0.25) is 0 Å². The van der Waals surface area contributed by atoms with Crippen LogP contribution in [0, 0.1) is 34.5 Å². The number of carbonyl (C=O) groups is 3. The van der Waals surface area contributed by atoms with Gasteiger partial charge in [0.15, 0.2) is 11.6 Å². The Morgan fingerprint density at radius 1 is 1.07 bits per heavy atom. The molecule has 4 aliphatic carbocycles. The summed E-state index contributed by atoms with van der Waals surface area (Å²) < 4.78 is 5.02. The van der Waals surface area contributed by atoms with Crippen LogP contribution in [-0.2, 0) is 19.1 Å². The summed E-state index contributed by atoms with van der Waals surface area (Å²) in [6, 6.07) is 0. The lowest BCUT2D eigenvalue weighted by Gasteiger charge is -2.58. The van der Waals surface area contributed by atoms with Crippen molar-refractivity contribution in [2.75, 3.05) is 6.61 Å². The van der Waals surface area contributed by atoms with Crippen molar-refractivity contribution in [3.8, 4) is 0 Å². The van der Waals surface area contributed by atoms with Gasteiger partial charge in [-0.15, -0.1) is 0 Å².